The number of benzene rings is 1. The zero-order valence-electron chi connectivity index (χ0n) is 12.0. The monoisotopic (exact) mass is 281 g/mol. The van der Waals surface area contributed by atoms with E-state index in [0.29, 0.717) is 5.75 Å². The van der Waals surface area contributed by atoms with Crippen LogP contribution in [0.4, 0.5) is 0 Å². The minimum absolute atomic E-state index is 0.114. The molecule has 0 aromatic heterocycles. The predicted octanol–water partition coefficient (Wildman–Crippen LogP) is 1.42. The standard InChI is InChI=1S/C14H19NO5/c1-9(2)15(8-13(17)20-4)14(18)11-6-5-10(19-3)7-12(11)16/h5-7,9,16H,8H2,1-4H3. The first-order valence-corrected chi connectivity index (χ1v) is 6.15. The third-order valence-electron chi connectivity index (χ3n) is 2.85. The zero-order chi connectivity index (χ0) is 15.3. The molecule has 0 radical (unpaired) electrons. The third kappa shape index (κ3) is 3.63. The predicted molar refractivity (Wildman–Crippen MR) is 72.8 cm³/mol. The van der Waals surface area contributed by atoms with Crippen molar-refractivity contribution in [2.75, 3.05) is 20.8 Å². The highest BCUT2D eigenvalue weighted by molar-refractivity contribution is 5.98. The van der Waals surface area contributed by atoms with Gasteiger partial charge in [-0.2, -0.15) is 0 Å². The lowest BCUT2D eigenvalue weighted by Gasteiger charge is -2.25. The highest BCUT2D eigenvalue weighted by atomic mass is 16.5. The Morgan fingerprint density at radius 3 is 2.40 bits per heavy atom. The quantitative estimate of drug-likeness (QED) is 0.826. The molecule has 1 aromatic carbocycles. The van der Waals surface area contributed by atoms with Crippen LogP contribution < -0.4 is 4.74 Å². The summed E-state index contributed by atoms with van der Waals surface area (Å²) in [5.41, 5.74) is 0.114. The number of carbonyl (C=O) groups excluding carboxylic acids is 2. The highest BCUT2D eigenvalue weighted by Gasteiger charge is 2.24. The van der Waals surface area contributed by atoms with Crippen molar-refractivity contribution >= 4 is 11.9 Å². The summed E-state index contributed by atoms with van der Waals surface area (Å²) in [5, 5.41) is 9.87. The number of hydrogen-bond acceptors (Lipinski definition) is 5. The number of esters is 1. The number of ether oxygens (including phenoxy) is 2. The molecule has 0 spiro atoms. The van der Waals surface area contributed by atoms with Crippen molar-refractivity contribution in [3.8, 4) is 11.5 Å². The fraction of sp³-hybridized carbons (Fsp3) is 0.429. The molecule has 1 N–H and O–H groups in total. The van der Waals surface area contributed by atoms with Crippen LogP contribution in [0.1, 0.15) is 24.2 Å². The number of amides is 1. The first-order valence-electron chi connectivity index (χ1n) is 6.15. The lowest BCUT2D eigenvalue weighted by Crippen LogP contribution is -2.41. The van der Waals surface area contributed by atoms with Gasteiger partial charge in [0.1, 0.15) is 18.0 Å². The average Bonchev–Trinajstić information content (AvgIpc) is 2.43. The summed E-state index contributed by atoms with van der Waals surface area (Å²) in [5.74, 6) is -0.696. The molecule has 20 heavy (non-hydrogen) atoms. The van der Waals surface area contributed by atoms with Gasteiger partial charge in [0, 0.05) is 12.1 Å². The Labute approximate surface area is 117 Å². The van der Waals surface area contributed by atoms with E-state index < -0.39 is 11.9 Å². The van der Waals surface area contributed by atoms with Crippen molar-refractivity contribution in [3.05, 3.63) is 23.8 Å². The van der Waals surface area contributed by atoms with Gasteiger partial charge in [0.05, 0.1) is 19.8 Å². The van der Waals surface area contributed by atoms with Crippen molar-refractivity contribution < 1.29 is 24.2 Å². The first-order chi connectivity index (χ1) is 9.40. The smallest absolute Gasteiger partial charge is 0.325 e. The Balaban J connectivity index is 3.03. The maximum absolute atomic E-state index is 12.4. The van der Waals surface area contributed by atoms with Crippen molar-refractivity contribution in [1.29, 1.82) is 0 Å². The number of nitrogens with zero attached hydrogens (tertiary/aromatic N) is 1. The Kier molecular flexibility index (Phi) is 5.37. The van der Waals surface area contributed by atoms with E-state index in [-0.39, 0.29) is 23.9 Å². The Morgan fingerprint density at radius 2 is 1.95 bits per heavy atom. The van der Waals surface area contributed by atoms with Gasteiger partial charge in [-0.15, -0.1) is 0 Å². The molecule has 6 nitrogen and oxygen atoms in total. The van der Waals surface area contributed by atoms with E-state index in [0.717, 1.165) is 0 Å². The average molecular weight is 281 g/mol. The van der Waals surface area contributed by atoms with Crippen molar-refractivity contribution in [1.82, 2.24) is 4.90 Å². The SMILES string of the molecule is COC(=O)CN(C(=O)c1ccc(OC)cc1O)C(C)C. The molecule has 0 heterocycles. The van der Waals surface area contributed by atoms with Gasteiger partial charge in [0.25, 0.3) is 5.91 Å². The second kappa shape index (κ2) is 6.79. The maximum atomic E-state index is 12.4. The minimum atomic E-state index is -0.514. The number of carbonyl (C=O) groups is 2. The zero-order valence-corrected chi connectivity index (χ0v) is 12.0. The van der Waals surface area contributed by atoms with E-state index in [9.17, 15) is 14.7 Å². The fourth-order valence-electron chi connectivity index (χ4n) is 1.67. The second-order valence-corrected chi connectivity index (χ2v) is 4.49. The van der Waals surface area contributed by atoms with E-state index in [4.69, 9.17) is 4.74 Å². The first kappa shape index (κ1) is 15.8. The molecule has 0 aliphatic carbocycles. The summed E-state index contributed by atoms with van der Waals surface area (Å²) in [6, 6.07) is 4.18. The number of rotatable bonds is 5. The van der Waals surface area contributed by atoms with E-state index in [1.165, 1.54) is 31.3 Å². The van der Waals surface area contributed by atoms with Gasteiger partial charge < -0.3 is 19.5 Å². The summed E-state index contributed by atoms with van der Waals surface area (Å²) in [6.45, 7) is 3.39. The van der Waals surface area contributed by atoms with Crippen LogP contribution in [0, 0.1) is 0 Å². The van der Waals surface area contributed by atoms with E-state index in [2.05, 4.69) is 4.74 Å². The van der Waals surface area contributed by atoms with Gasteiger partial charge >= 0.3 is 5.97 Å². The van der Waals surface area contributed by atoms with E-state index >= 15 is 0 Å². The molecular weight excluding hydrogens is 262 g/mol. The number of hydrogen-bond donors (Lipinski definition) is 1. The third-order valence-corrected chi connectivity index (χ3v) is 2.85. The minimum Gasteiger partial charge on any atom is -0.507 e. The topological polar surface area (TPSA) is 76.1 Å². The molecule has 0 saturated heterocycles. The van der Waals surface area contributed by atoms with Gasteiger partial charge in [-0.05, 0) is 26.0 Å². The Hall–Kier alpha value is -2.24. The summed E-state index contributed by atoms with van der Waals surface area (Å²) < 4.78 is 9.53. The normalized spacial score (nSPS) is 10.2. The molecule has 0 saturated carbocycles. The van der Waals surface area contributed by atoms with E-state index in [1.54, 1.807) is 19.9 Å². The number of phenols is 1. The van der Waals surface area contributed by atoms with Gasteiger partial charge in [-0.1, -0.05) is 0 Å². The molecular formula is C14H19NO5. The summed E-state index contributed by atoms with van der Waals surface area (Å²) in [6.07, 6.45) is 0. The lowest BCUT2D eigenvalue weighted by molar-refractivity contribution is -0.141. The number of methoxy groups -OCH3 is 2. The van der Waals surface area contributed by atoms with Crippen LogP contribution in [0.3, 0.4) is 0 Å². The summed E-state index contributed by atoms with van der Waals surface area (Å²) >= 11 is 0. The van der Waals surface area contributed by atoms with Crippen molar-refractivity contribution in [2.45, 2.75) is 19.9 Å². The summed E-state index contributed by atoms with van der Waals surface area (Å²) in [4.78, 5) is 25.1. The van der Waals surface area contributed by atoms with Crippen molar-refractivity contribution in [3.63, 3.8) is 0 Å². The maximum Gasteiger partial charge on any atom is 0.325 e. The van der Waals surface area contributed by atoms with Gasteiger partial charge in [0.2, 0.25) is 0 Å². The molecule has 0 aliphatic heterocycles. The van der Waals surface area contributed by atoms with Gasteiger partial charge in [-0.25, -0.2) is 0 Å². The fourth-order valence-corrected chi connectivity index (χ4v) is 1.67. The number of phenolic OH excluding ortho intramolecular Hbond substituents is 1. The summed E-state index contributed by atoms with van der Waals surface area (Å²) in [7, 11) is 2.73. The molecule has 0 bridgehead atoms. The van der Waals surface area contributed by atoms with Crippen molar-refractivity contribution in [2.24, 2.45) is 0 Å². The van der Waals surface area contributed by atoms with Crippen LogP contribution in [0.2, 0.25) is 0 Å². The molecule has 0 unspecified atom stereocenters. The van der Waals surface area contributed by atoms with Crippen LogP contribution in [0.15, 0.2) is 18.2 Å². The van der Waals surface area contributed by atoms with Gasteiger partial charge in [-0.3, -0.25) is 9.59 Å². The highest BCUT2D eigenvalue weighted by Crippen LogP contribution is 2.25. The molecule has 1 aromatic rings. The molecule has 110 valence electrons. The molecule has 1 amide bonds. The molecule has 0 fully saturated rings. The molecule has 1 rings (SSSR count). The molecule has 0 atom stereocenters. The van der Waals surface area contributed by atoms with Crippen LogP contribution in [0.5, 0.6) is 11.5 Å². The van der Waals surface area contributed by atoms with Crippen LogP contribution in [-0.4, -0.2) is 48.7 Å². The molecule has 0 aliphatic rings. The largest absolute Gasteiger partial charge is 0.507 e. The Bertz CT molecular complexity index is 498. The second-order valence-electron chi connectivity index (χ2n) is 4.49. The van der Waals surface area contributed by atoms with E-state index in [1.807, 2.05) is 0 Å². The van der Waals surface area contributed by atoms with Gasteiger partial charge in [0.15, 0.2) is 0 Å². The Morgan fingerprint density at radius 1 is 1.30 bits per heavy atom. The van der Waals surface area contributed by atoms with Crippen LogP contribution >= 0.6 is 0 Å². The number of aromatic hydroxyl groups is 1. The van der Waals surface area contributed by atoms with Crippen LogP contribution in [0.25, 0.3) is 0 Å². The lowest BCUT2D eigenvalue weighted by atomic mass is 10.1. The molecule has 6 heteroatoms. The van der Waals surface area contributed by atoms with Crippen LogP contribution in [-0.2, 0) is 9.53 Å².